The van der Waals surface area contributed by atoms with Gasteiger partial charge < -0.3 is 0 Å². The predicted molar refractivity (Wildman–Crippen MR) is 106 cm³/mol. The Hall–Kier alpha value is -2.21. The van der Waals surface area contributed by atoms with E-state index in [2.05, 4.69) is 34.1 Å². The Bertz CT molecular complexity index is 834. The molecular weight excluding hydrogens is 362 g/mol. The Morgan fingerprint density at radius 2 is 1.56 bits per heavy atom. The van der Waals surface area contributed by atoms with Crippen molar-refractivity contribution in [3.63, 3.8) is 0 Å². The zero-order valence-corrected chi connectivity index (χ0v) is 15.8. The van der Waals surface area contributed by atoms with E-state index in [1.165, 1.54) is 10.5 Å². The summed E-state index contributed by atoms with van der Waals surface area (Å²) in [5.74, 6) is -0.338. The zero-order chi connectivity index (χ0) is 18.8. The van der Waals surface area contributed by atoms with E-state index >= 15 is 0 Å². The smallest absolute Gasteiger partial charge is 0.251 e. The average molecular weight is 384 g/mol. The van der Waals surface area contributed by atoms with Crippen LogP contribution in [0.4, 0.5) is 5.69 Å². The highest BCUT2D eigenvalue weighted by molar-refractivity contribution is 6.36. The number of amides is 2. The van der Waals surface area contributed by atoms with Gasteiger partial charge >= 0.3 is 0 Å². The number of para-hydroxylation sites is 1. The van der Waals surface area contributed by atoms with Crippen LogP contribution in [0.15, 0.2) is 54.6 Å². The highest BCUT2D eigenvalue weighted by Gasteiger charge is 2.43. The van der Waals surface area contributed by atoms with Crippen molar-refractivity contribution in [1.82, 2.24) is 9.80 Å². The Labute approximate surface area is 164 Å². The molecule has 0 aromatic heterocycles. The molecule has 0 unspecified atom stereocenters. The van der Waals surface area contributed by atoms with Crippen molar-refractivity contribution >= 4 is 29.1 Å². The molecule has 0 N–H and O–H groups in total. The molecule has 2 heterocycles. The van der Waals surface area contributed by atoms with Gasteiger partial charge in [0.2, 0.25) is 5.91 Å². The van der Waals surface area contributed by atoms with E-state index in [0.717, 1.165) is 32.7 Å². The molecule has 1 atom stereocenters. The summed E-state index contributed by atoms with van der Waals surface area (Å²) in [4.78, 5) is 31.2. The Morgan fingerprint density at radius 1 is 0.889 bits per heavy atom. The van der Waals surface area contributed by atoms with Crippen molar-refractivity contribution in [2.45, 2.75) is 19.0 Å². The topological polar surface area (TPSA) is 43.9 Å². The van der Waals surface area contributed by atoms with Crippen LogP contribution in [0.3, 0.4) is 0 Å². The van der Waals surface area contributed by atoms with Gasteiger partial charge in [-0.25, -0.2) is 4.90 Å². The van der Waals surface area contributed by atoms with Gasteiger partial charge in [0.25, 0.3) is 5.91 Å². The monoisotopic (exact) mass is 383 g/mol. The molecule has 0 aliphatic carbocycles. The fourth-order valence-electron chi connectivity index (χ4n) is 3.86. The first-order valence-corrected chi connectivity index (χ1v) is 9.63. The van der Waals surface area contributed by atoms with Crippen molar-refractivity contribution in [3.05, 3.63) is 65.2 Å². The summed E-state index contributed by atoms with van der Waals surface area (Å²) in [7, 11) is 0. The highest BCUT2D eigenvalue weighted by atomic mass is 35.5. The summed E-state index contributed by atoms with van der Waals surface area (Å²) in [5.41, 5.74) is 1.78. The summed E-state index contributed by atoms with van der Waals surface area (Å²) in [6.45, 7) is 4.26. The molecule has 140 valence electrons. The van der Waals surface area contributed by atoms with E-state index < -0.39 is 0 Å². The van der Waals surface area contributed by atoms with Crippen molar-refractivity contribution in [2.24, 2.45) is 0 Å². The first-order valence-electron chi connectivity index (χ1n) is 9.25. The van der Waals surface area contributed by atoms with E-state index in [0.29, 0.717) is 10.7 Å². The number of nitrogens with zero attached hydrogens (tertiary/aromatic N) is 3. The van der Waals surface area contributed by atoms with Crippen LogP contribution in [0.2, 0.25) is 5.02 Å². The molecular formula is C21H22ClN3O2. The maximum atomic E-state index is 12.9. The molecule has 2 aliphatic rings. The second-order valence-corrected chi connectivity index (χ2v) is 7.44. The molecule has 5 nitrogen and oxygen atoms in total. The SMILES string of the molecule is O=C1C[C@H](N2CCN(Cc3ccccc3)CC2)C(=O)N1c1ccccc1Cl. The second-order valence-electron chi connectivity index (χ2n) is 7.04. The molecule has 0 spiro atoms. The summed E-state index contributed by atoms with van der Waals surface area (Å²) >= 11 is 6.20. The maximum Gasteiger partial charge on any atom is 0.251 e. The molecule has 2 fully saturated rings. The van der Waals surface area contributed by atoms with Gasteiger partial charge in [-0.2, -0.15) is 0 Å². The molecule has 2 amide bonds. The minimum atomic E-state index is -0.382. The van der Waals surface area contributed by atoms with Gasteiger partial charge in [0.05, 0.1) is 23.2 Å². The van der Waals surface area contributed by atoms with Crippen LogP contribution in [0.25, 0.3) is 0 Å². The largest absolute Gasteiger partial charge is 0.297 e. The summed E-state index contributed by atoms with van der Waals surface area (Å²) in [6, 6.07) is 17.0. The lowest BCUT2D eigenvalue weighted by molar-refractivity contribution is -0.123. The van der Waals surface area contributed by atoms with Crippen LogP contribution in [-0.2, 0) is 16.1 Å². The van der Waals surface area contributed by atoms with Crippen molar-refractivity contribution in [1.29, 1.82) is 0 Å². The number of carbonyl (C=O) groups is 2. The second kappa shape index (κ2) is 7.80. The van der Waals surface area contributed by atoms with Gasteiger partial charge in [-0.1, -0.05) is 54.1 Å². The zero-order valence-electron chi connectivity index (χ0n) is 15.1. The lowest BCUT2D eigenvalue weighted by atomic mass is 10.1. The number of benzene rings is 2. The molecule has 0 bridgehead atoms. The first kappa shape index (κ1) is 18.2. The third-order valence-electron chi connectivity index (χ3n) is 5.31. The van der Waals surface area contributed by atoms with Crippen LogP contribution < -0.4 is 4.90 Å². The highest BCUT2D eigenvalue weighted by Crippen LogP contribution is 2.31. The normalized spacial score (nSPS) is 21.8. The standard InChI is InChI=1S/C21H22ClN3O2/c22-17-8-4-5-9-18(17)25-20(26)14-19(21(25)27)24-12-10-23(11-13-24)15-16-6-2-1-3-7-16/h1-9,19H,10-15H2/t19-/m0/s1. The number of hydrogen-bond donors (Lipinski definition) is 0. The summed E-state index contributed by atoms with van der Waals surface area (Å²) in [5, 5.41) is 0.424. The van der Waals surface area contributed by atoms with E-state index in [9.17, 15) is 9.59 Å². The minimum Gasteiger partial charge on any atom is -0.297 e. The average Bonchev–Trinajstić information content (AvgIpc) is 2.98. The van der Waals surface area contributed by atoms with Gasteiger partial charge in [0.1, 0.15) is 0 Å². The maximum absolute atomic E-state index is 12.9. The summed E-state index contributed by atoms with van der Waals surface area (Å²) in [6.07, 6.45) is 0.225. The van der Waals surface area contributed by atoms with E-state index in [1.54, 1.807) is 24.3 Å². The number of imide groups is 1. The lowest BCUT2D eigenvalue weighted by Gasteiger charge is -2.37. The number of carbonyl (C=O) groups excluding carboxylic acids is 2. The van der Waals surface area contributed by atoms with Crippen molar-refractivity contribution in [3.8, 4) is 0 Å². The number of halogens is 1. The van der Waals surface area contributed by atoms with Gasteiger partial charge in [-0.15, -0.1) is 0 Å². The van der Waals surface area contributed by atoms with Crippen molar-refractivity contribution in [2.75, 3.05) is 31.1 Å². The van der Waals surface area contributed by atoms with Crippen LogP contribution >= 0.6 is 11.6 Å². The van der Waals surface area contributed by atoms with Crippen LogP contribution in [0.5, 0.6) is 0 Å². The first-order chi connectivity index (χ1) is 13.1. The van der Waals surface area contributed by atoms with Crippen LogP contribution in [0.1, 0.15) is 12.0 Å². The molecule has 2 aromatic carbocycles. The molecule has 2 aliphatic heterocycles. The third kappa shape index (κ3) is 3.76. The fraction of sp³-hybridized carbons (Fsp3) is 0.333. The van der Waals surface area contributed by atoms with Gasteiger partial charge in [-0.3, -0.25) is 19.4 Å². The van der Waals surface area contributed by atoms with E-state index in [-0.39, 0.29) is 24.3 Å². The molecule has 27 heavy (non-hydrogen) atoms. The van der Waals surface area contributed by atoms with Gasteiger partial charge in [0, 0.05) is 32.7 Å². The number of hydrogen-bond acceptors (Lipinski definition) is 4. The molecule has 4 rings (SSSR count). The Kier molecular flexibility index (Phi) is 5.25. The number of anilines is 1. The number of rotatable bonds is 4. The van der Waals surface area contributed by atoms with E-state index in [4.69, 9.17) is 11.6 Å². The molecule has 0 saturated carbocycles. The van der Waals surface area contributed by atoms with Gasteiger partial charge in [0.15, 0.2) is 0 Å². The van der Waals surface area contributed by atoms with Crippen LogP contribution in [-0.4, -0.2) is 53.8 Å². The van der Waals surface area contributed by atoms with Gasteiger partial charge in [-0.05, 0) is 17.7 Å². The van der Waals surface area contributed by atoms with Crippen molar-refractivity contribution < 1.29 is 9.59 Å². The third-order valence-corrected chi connectivity index (χ3v) is 5.63. The molecule has 6 heteroatoms. The summed E-state index contributed by atoms with van der Waals surface area (Å²) < 4.78 is 0. The minimum absolute atomic E-state index is 0.162. The molecule has 2 aromatic rings. The van der Waals surface area contributed by atoms with E-state index in [1.807, 2.05) is 6.07 Å². The Balaban J connectivity index is 1.40. The lowest BCUT2D eigenvalue weighted by Crippen LogP contribution is -2.52. The van der Waals surface area contributed by atoms with Crippen LogP contribution in [0, 0.1) is 0 Å². The Morgan fingerprint density at radius 3 is 2.26 bits per heavy atom. The molecule has 2 saturated heterocycles. The fourth-order valence-corrected chi connectivity index (χ4v) is 4.08. The quantitative estimate of drug-likeness (QED) is 0.761. The molecule has 0 radical (unpaired) electrons. The predicted octanol–water partition coefficient (Wildman–Crippen LogP) is 2.79. The number of piperazine rings is 1.